The summed E-state index contributed by atoms with van der Waals surface area (Å²) in [7, 11) is -9.87. The molecule has 3 N–H and O–H groups in total. The molecule has 80 heavy (non-hydrogen) atoms. The van der Waals surface area contributed by atoms with Crippen molar-refractivity contribution in [2.75, 3.05) is 39.6 Å². The number of ether oxygens (including phenoxy) is 4. The molecule has 0 saturated carbocycles. The Balaban J connectivity index is 5.17. The molecule has 0 aliphatic carbocycles. The zero-order valence-electron chi connectivity index (χ0n) is 51.4. The van der Waals surface area contributed by atoms with Crippen LogP contribution in [0.25, 0.3) is 0 Å². The smallest absolute Gasteiger partial charge is 0.462 e. The van der Waals surface area contributed by atoms with Crippen molar-refractivity contribution in [3.63, 3.8) is 0 Å². The molecule has 0 aliphatic rings. The molecule has 19 heteroatoms. The lowest BCUT2D eigenvalue weighted by Gasteiger charge is -2.21. The maximum Gasteiger partial charge on any atom is 0.472 e. The summed E-state index contributed by atoms with van der Waals surface area (Å²) in [5.41, 5.74) is 0. The summed E-state index contributed by atoms with van der Waals surface area (Å²) in [6, 6.07) is 0. The van der Waals surface area contributed by atoms with Crippen LogP contribution in [0.4, 0.5) is 0 Å². The molecule has 0 aromatic carbocycles. The molecule has 0 heterocycles. The van der Waals surface area contributed by atoms with Gasteiger partial charge < -0.3 is 33.8 Å². The third kappa shape index (κ3) is 55.3. The third-order valence-electron chi connectivity index (χ3n) is 14.0. The van der Waals surface area contributed by atoms with Gasteiger partial charge in [0.2, 0.25) is 0 Å². The minimum absolute atomic E-state index is 0.104. The Hall–Kier alpha value is -1.94. The van der Waals surface area contributed by atoms with Crippen LogP contribution in [-0.4, -0.2) is 96.7 Å². The van der Waals surface area contributed by atoms with Crippen molar-refractivity contribution in [1.82, 2.24) is 0 Å². The molecule has 0 saturated heterocycles. The Morgan fingerprint density at radius 1 is 0.338 bits per heavy atom. The van der Waals surface area contributed by atoms with E-state index in [-0.39, 0.29) is 25.7 Å². The van der Waals surface area contributed by atoms with Crippen molar-refractivity contribution in [2.24, 2.45) is 11.8 Å². The minimum Gasteiger partial charge on any atom is -0.462 e. The van der Waals surface area contributed by atoms with Gasteiger partial charge in [0.1, 0.15) is 19.3 Å². The van der Waals surface area contributed by atoms with Crippen molar-refractivity contribution >= 4 is 39.5 Å². The van der Waals surface area contributed by atoms with Gasteiger partial charge in [0.05, 0.1) is 26.4 Å². The number of aliphatic hydroxyl groups excluding tert-OH is 1. The number of carbonyl (C=O) groups excluding carboxylic acids is 4. The van der Waals surface area contributed by atoms with E-state index in [4.69, 9.17) is 37.0 Å². The number of esters is 4. The topological polar surface area (TPSA) is 237 Å². The van der Waals surface area contributed by atoms with Crippen molar-refractivity contribution in [1.29, 1.82) is 0 Å². The van der Waals surface area contributed by atoms with Gasteiger partial charge in [-0.05, 0) is 37.5 Å². The van der Waals surface area contributed by atoms with Crippen molar-refractivity contribution in [3.8, 4) is 0 Å². The molecule has 0 rings (SSSR count). The fourth-order valence-corrected chi connectivity index (χ4v) is 10.6. The summed E-state index contributed by atoms with van der Waals surface area (Å²) in [5.74, 6) is -0.681. The Labute approximate surface area is 486 Å². The zero-order chi connectivity index (χ0) is 59.4. The molecule has 17 nitrogen and oxygen atoms in total. The van der Waals surface area contributed by atoms with E-state index in [1.165, 1.54) is 89.9 Å². The van der Waals surface area contributed by atoms with Crippen molar-refractivity contribution in [2.45, 2.75) is 317 Å². The molecule has 2 unspecified atom stereocenters. The first-order valence-electron chi connectivity index (χ1n) is 32.0. The van der Waals surface area contributed by atoms with E-state index >= 15 is 0 Å². The summed E-state index contributed by atoms with van der Waals surface area (Å²) < 4.78 is 67.7. The fourth-order valence-electron chi connectivity index (χ4n) is 9.00. The van der Waals surface area contributed by atoms with Gasteiger partial charge in [-0.3, -0.25) is 37.3 Å². The third-order valence-corrected chi connectivity index (χ3v) is 15.9. The van der Waals surface area contributed by atoms with Crippen LogP contribution in [0.3, 0.4) is 0 Å². The average molecular weight is 1190 g/mol. The molecular weight excluding hydrogens is 1070 g/mol. The lowest BCUT2D eigenvalue weighted by Crippen LogP contribution is -2.30. The first kappa shape index (κ1) is 78.1. The predicted octanol–water partition coefficient (Wildman–Crippen LogP) is 16.5. The second kappa shape index (κ2) is 53.8. The number of hydrogen-bond donors (Lipinski definition) is 3. The van der Waals surface area contributed by atoms with E-state index in [2.05, 4.69) is 41.5 Å². The number of hydrogen-bond acceptors (Lipinski definition) is 15. The Bertz CT molecular complexity index is 1580. The summed E-state index contributed by atoms with van der Waals surface area (Å²) in [4.78, 5) is 71.8. The molecule has 0 bridgehead atoms. The fraction of sp³-hybridized carbons (Fsp3) is 0.934. The number of aliphatic hydroxyl groups is 1. The molecule has 474 valence electrons. The highest BCUT2D eigenvalue weighted by Gasteiger charge is 2.30. The zero-order valence-corrected chi connectivity index (χ0v) is 53.2. The maximum absolute atomic E-state index is 12.9. The van der Waals surface area contributed by atoms with Gasteiger partial charge in [-0.2, -0.15) is 0 Å². The molecule has 0 spiro atoms. The number of phosphoric acid groups is 2. The van der Waals surface area contributed by atoms with E-state index in [1.54, 1.807) is 0 Å². The maximum atomic E-state index is 12.9. The number of unbranched alkanes of at least 4 members (excludes halogenated alkanes) is 30. The van der Waals surface area contributed by atoms with Crippen molar-refractivity contribution < 1.29 is 80.2 Å². The van der Waals surface area contributed by atoms with Gasteiger partial charge >= 0.3 is 39.5 Å². The molecule has 0 radical (unpaired) electrons. The quantitative estimate of drug-likeness (QED) is 0.0222. The largest absolute Gasteiger partial charge is 0.472 e. The molecule has 5 atom stereocenters. The highest BCUT2D eigenvalue weighted by molar-refractivity contribution is 7.47. The van der Waals surface area contributed by atoms with Crippen LogP contribution in [0.2, 0.25) is 0 Å². The lowest BCUT2D eigenvalue weighted by atomic mass is 10.0. The van der Waals surface area contributed by atoms with Gasteiger partial charge in [-0.15, -0.1) is 0 Å². The summed E-state index contributed by atoms with van der Waals surface area (Å²) >= 11 is 0. The van der Waals surface area contributed by atoms with Gasteiger partial charge in [-0.25, -0.2) is 9.13 Å². The Kier molecular flexibility index (Phi) is 52.5. The van der Waals surface area contributed by atoms with Crippen LogP contribution in [0.15, 0.2) is 0 Å². The SMILES string of the molecule is CCCCCCCCCCC(=O)O[C@H](COC(=O)CCCCCCCCC)COP(=O)(O)OC[C@H](O)COP(=O)(O)OC[C@@H](COC(=O)CCCCCCCCC(C)C)OC(=O)CCCCCCCCCCCCCCCC(C)C. The minimum atomic E-state index is -4.94. The molecular formula is C61H118O17P2. The first-order chi connectivity index (χ1) is 38.4. The second-order valence-electron chi connectivity index (χ2n) is 23.0. The monoisotopic (exact) mass is 1180 g/mol. The predicted molar refractivity (Wildman–Crippen MR) is 317 cm³/mol. The van der Waals surface area contributed by atoms with E-state index in [0.29, 0.717) is 31.6 Å². The van der Waals surface area contributed by atoms with Crippen LogP contribution in [0, 0.1) is 11.8 Å². The van der Waals surface area contributed by atoms with Crippen LogP contribution in [-0.2, 0) is 65.4 Å². The van der Waals surface area contributed by atoms with Crippen LogP contribution >= 0.6 is 15.6 Å². The average Bonchev–Trinajstić information content (AvgIpc) is 3.41. The number of phosphoric ester groups is 2. The number of rotatable bonds is 60. The standard InChI is InChI=1S/C61H118O17P2/c1-7-9-11-13-15-25-33-39-45-60(65)77-56(49-71-58(63)43-37-31-23-14-12-10-8-2)51-75-79(67,68)73-47-55(62)48-74-80(69,70)76-52-57(50-72-59(64)44-38-32-28-27-30-36-42-54(5)6)78-61(66)46-40-34-26-22-20-18-16-17-19-21-24-29-35-41-53(3)4/h53-57,62H,7-52H2,1-6H3,(H,67,68)(H,69,70)/t55-,56+,57+/m0/s1. The summed E-state index contributed by atoms with van der Waals surface area (Å²) in [6.45, 7) is 9.34. The molecule has 0 amide bonds. The van der Waals surface area contributed by atoms with Gasteiger partial charge in [0, 0.05) is 25.7 Å². The first-order valence-corrected chi connectivity index (χ1v) is 35.0. The van der Waals surface area contributed by atoms with Gasteiger partial charge in [0.25, 0.3) is 0 Å². The highest BCUT2D eigenvalue weighted by Crippen LogP contribution is 2.45. The van der Waals surface area contributed by atoms with E-state index in [0.717, 1.165) is 121 Å². The van der Waals surface area contributed by atoms with Crippen LogP contribution in [0.1, 0.15) is 298 Å². The summed E-state index contributed by atoms with van der Waals surface area (Å²) in [5, 5.41) is 10.5. The molecule has 0 fully saturated rings. The Morgan fingerprint density at radius 3 is 0.850 bits per heavy atom. The lowest BCUT2D eigenvalue weighted by molar-refractivity contribution is -0.161. The van der Waals surface area contributed by atoms with E-state index in [1.807, 2.05) is 0 Å². The number of carbonyl (C=O) groups is 4. The Morgan fingerprint density at radius 2 is 0.575 bits per heavy atom. The highest BCUT2D eigenvalue weighted by atomic mass is 31.2. The summed E-state index contributed by atoms with van der Waals surface area (Å²) in [6.07, 6.45) is 35.2. The normalized spacial score (nSPS) is 14.4. The molecule has 0 aromatic heterocycles. The second-order valence-corrected chi connectivity index (χ2v) is 25.9. The van der Waals surface area contributed by atoms with Gasteiger partial charge in [0.15, 0.2) is 12.2 Å². The van der Waals surface area contributed by atoms with Crippen molar-refractivity contribution in [3.05, 3.63) is 0 Å². The van der Waals surface area contributed by atoms with Crippen LogP contribution in [0.5, 0.6) is 0 Å². The van der Waals surface area contributed by atoms with E-state index < -0.39 is 97.5 Å². The van der Waals surface area contributed by atoms with E-state index in [9.17, 15) is 43.2 Å². The molecule has 0 aliphatic heterocycles. The van der Waals surface area contributed by atoms with Crippen LogP contribution < -0.4 is 0 Å². The van der Waals surface area contributed by atoms with Gasteiger partial charge in [-0.1, -0.05) is 247 Å². The molecule has 0 aromatic rings.